The Morgan fingerprint density at radius 1 is 1.03 bits per heavy atom. The fourth-order valence-corrected chi connectivity index (χ4v) is 3.51. The number of benzene rings is 2. The van der Waals surface area contributed by atoms with E-state index in [0.29, 0.717) is 50.0 Å². The van der Waals surface area contributed by atoms with Crippen LogP contribution in [0.5, 0.6) is 11.5 Å². The van der Waals surface area contributed by atoms with Crippen LogP contribution in [-0.2, 0) is 4.74 Å². The van der Waals surface area contributed by atoms with Crippen molar-refractivity contribution in [2.24, 2.45) is 0 Å². The second-order valence-electron chi connectivity index (χ2n) is 6.81. The summed E-state index contributed by atoms with van der Waals surface area (Å²) in [5.74, 6) is 1.12. The maximum Gasteiger partial charge on any atom is 0.251 e. The normalized spacial score (nSPS) is 15.5. The van der Waals surface area contributed by atoms with Crippen LogP contribution in [0.1, 0.15) is 35.8 Å². The molecule has 6 heteroatoms. The number of hydrogen-bond acceptors (Lipinski definition) is 5. The topological polar surface area (TPSA) is 60.0 Å². The molecule has 1 aliphatic rings. The SMILES string of the molecule is CCOc1ccc(C(=O)NCC(c2ccccc2)N2CCOCC2)cc1OCC. The summed E-state index contributed by atoms with van der Waals surface area (Å²) in [6, 6.07) is 15.7. The van der Waals surface area contributed by atoms with E-state index in [1.807, 2.05) is 32.0 Å². The fourth-order valence-electron chi connectivity index (χ4n) is 3.51. The minimum absolute atomic E-state index is 0.109. The average molecular weight is 399 g/mol. The maximum absolute atomic E-state index is 12.8. The molecule has 1 atom stereocenters. The summed E-state index contributed by atoms with van der Waals surface area (Å²) in [7, 11) is 0. The van der Waals surface area contributed by atoms with Crippen LogP contribution < -0.4 is 14.8 Å². The molecule has 0 spiro atoms. The summed E-state index contributed by atoms with van der Waals surface area (Å²) < 4.78 is 16.7. The van der Waals surface area contributed by atoms with Gasteiger partial charge in [-0.1, -0.05) is 30.3 Å². The Kier molecular flexibility index (Phi) is 7.90. The highest BCUT2D eigenvalue weighted by Gasteiger charge is 2.23. The number of hydrogen-bond donors (Lipinski definition) is 1. The first-order chi connectivity index (χ1) is 14.2. The van der Waals surface area contributed by atoms with Crippen LogP contribution in [0, 0.1) is 0 Å². The molecule has 0 saturated carbocycles. The molecule has 1 saturated heterocycles. The van der Waals surface area contributed by atoms with E-state index >= 15 is 0 Å². The lowest BCUT2D eigenvalue weighted by atomic mass is 10.0. The number of carbonyl (C=O) groups excluding carboxylic acids is 1. The number of rotatable bonds is 9. The standard InChI is InChI=1S/C23H30N2O4/c1-3-28-21-11-10-19(16-22(21)29-4-2)23(26)24-17-20(18-8-6-5-7-9-18)25-12-14-27-15-13-25/h5-11,16,20H,3-4,12-15,17H2,1-2H3,(H,24,26). The van der Waals surface area contributed by atoms with E-state index in [1.54, 1.807) is 18.2 Å². The van der Waals surface area contributed by atoms with Crippen LogP contribution in [0.3, 0.4) is 0 Å². The van der Waals surface area contributed by atoms with E-state index in [2.05, 4.69) is 22.3 Å². The molecule has 0 bridgehead atoms. The number of nitrogens with zero attached hydrogens (tertiary/aromatic N) is 1. The molecule has 2 aromatic rings. The maximum atomic E-state index is 12.8. The number of amides is 1. The third kappa shape index (κ3) is 5.71. The van der Waals surface area contributed by atoms with Crippen molar-refractivity contribution < 1.29 is 19.0 Å². The van der Waals surface area contributed by atoms with Gasteiger partial charge in [0, 0.05) is 25.2 Å². The Hall–Kier alpha value is -2.57. The number of carbonyl (C=O) groups is 1. The second-order valence-corrected chi connectivity index (χ2v) is 6.81. The van der Waals surface area contributed by atoms with Crippen LogP contribution in [0.4, 0.5) is 0 Å². The van der Waals surface area contributed by atoms with E-state index in [0.717, 1.165) is 13.1 Å². The largest absolute Gasteiger partial charge is 0.490 e. The zero-order valence-corrected chi connectivity index (χ0v) is 17.2. The molecule has 0 aliphatic carbocycles. The first-order valence-electron chi connectivity index (χ1n) is 10.3. The van der Waals surface area contributed by atoms with Crippen LogP contribution in [-0.4, -0.2) is 56.9 Å². The molecule has 1 heterocycles. The Morgan fingerprint density at radius 2 is 1.72 bits per heavy atom. The van der Waals surface area contributed by atoms with Gasteiger partial charge >= 0.3 is 0 Å². The number of morpholine rings is 1. The summed E-state index contributed by atoms with van der Waals surface area (Å²) >= 11 is 0. The van der Waals surface area contributed by atoms with Gasteiger partial charge in [-0.3, -0.25) is 9.69 Å². The lowest BCUT2D eigenvalue weighted by Gasteiger charge is -2.35. The van der Waals surface area contributed by atoms with Crippen LogP contribution in [0.15, 0.2) is 48.5 Å². The van der Waals surface area contributed by atoms with Gasteiger partial charge in [-0.25, -0.2) is 0 Å². The molecule has 1 aliphatic heterocycles. The van der Waals surface area contributed by atoms with Gasteiger partial charge < -0.3 is 19.5 Å². The molecular formula is C23H30N2O4. The van der Waals surface area contributed by atoms with Gasteiger partial charge in [0.05, 0.1) is 32.5 Å². The average Bonchev–Trinajstić information content (AvgIpc) is 2.77. The van der Waals surface area contributed by atoms with E-state index in [9.17, 15) is 4.79 Å². The molecule has 3 rings (SSSR count). The fraction of sp³-hybridized carbons (Fsp3) is 0.435. The molecule has 2 aromatic carbocycles. The molecule has 6 nitrogen and oxygen atoms in total. The summed E-state index contributed by atoms with van der Waals surface area (Å²) in [6.07, 6.45) is 0. The summed E-state index contributed by atoms with van der Waals surface area (Å²) in [6.45, 7) is 8.56. The van der Waals surface area contributed by atoms with Gasteiger partial charge in [0.25, 0.3) is 5.91 Å². The quantitative estimate of drug-likeness (QED) is 0.702. The molecule has 156 valence electrons. The van der Waals surface area contributed by atoms with Gasteiger partial charge in [-0.15, -0.1) is 0 Å². The number of nitrogens with one attached hydrogen (secondary N) is 1. The van der Waals surface area contributed by atoms with Crippen LogP contribution in [0.25, 0.3) is 0 Å². The Balaban J connectivity index is 1.71. The highest BCUT2D eigenvalue weighted by atomic mass is 16.5. The monoisotopic (exact) mass is 398 g/mol. The van der Waals surface area contributed by atoms with Gasteiger partial charge in [0.1, 0.15) is 0 Å². The molecule has 1 amide bonds. The van der Waals surface area contributed by atoms with Gasteiger partial charge in [-0.2, -0.15) is 0 Å². The first-order valence-corrected chi connectivity index (χ1v) is 10.3. The third-order valence-electron chi connectivity index (χ3n) is 4.93. The van der Waals surface area contributed by atoms with Crippen molar-refractivity contribution in [3.05, 3.63) is 59.7 Å². The molecule has 1 N–H and O–H groups in total. The van der Waals surface area contributed by atoms with Crippen molar-refractivity contribution in [3.63, 3.8) is 0 Å². The molecule has 1 fully saturated rings. The van der Waals surface area contributed by atoms with E-state index < -0.39 is 0 Å². The van der Waals surface area contributed by atoms with Crippen molar-refractivity contribution in [1.82, 2.24) is 10.2 Å². The zero-order valence-electron chi connectivity index (χ0n) is 17.2. The van der Waals surface area contributed by atoms with Crippen LogP contribution >= 0.6 is 0 Å². The van der Waals surface area contributed by atoms with Gasteiger partial charge in [-0.05, 0) is 37.6 Å². The highest BCUT2D eigenvalue weighted by Crippen LogP contribution is 2.28. The van der Waals surface area contributed by atoms with Crippen LogP contribution in [0.2, 0.25) is 0 Å². The van der Waals surface area contributed by atoms with E-state index in [4.69, 9.17) is 14.2 Å². The number of ether oxygens (including phenoxy) is 3. The minimum Gasteiger partial charge on any atom is -0.490 e. The molecule has 29 heavy (non-hydrogen) atoms. The van der Waals surface area contributed by atoms with E-state index in [1.165, 1.54) is 5.56 Å². The van der Waals surface area contributed by atoms with E-state index in [-0.39, 0.29) is 11.9 Å². The van der Waals surface area contributed by atoms with Crippen molar-refractivity contribution in [1.29, 1.82) is 0 Å². The van der Waals surface area contributed by atoms with Crippen molar-refractivity contribution in [2.45, 2.75) is 19.9 Å². The Bertz CT molecular complexity index is 776. The Morgan fingerprint density at radius 3 is 2.41 bits per heavy atom. The van der Waals surface area contributed by atoms with Gasteiger partial charge in [0.2, 0.25) is 0 Å². The Labute approximate surface area is 172 Å². The second kappa shape index (κ2) is 10.8. The first kappa shape index (κ1) is 21.1. The minimum atomic E-state index is -0.122. The zero-order chi connectivity index (χ0) is 20.5. The van der Waals surface area contributed by atoms with Gasteiger partial charge in [0.15, 0.2) is 11.5 Å². The molecule has 0 radical (unpaired) electrons. The van der Waals surface area contributed by atoms with Crippen molar-refractivity contribution in [2.75, 3.05) is 46.1 Å². The lowest BCUT2D eigenvalue weighted by Crippen LogP contribution is -2.43. The predicted octanol–water partition coefficient (Wildman–Crippen LogP) is 3.29. The summed E-state index contributed by atoms with van der Waals surface area (Å²) in [5, 5.41) is 3.10. The van der Waals surface area contributed by atoms with Crippen molar-refractivity contribution in [3.8, 4) is 11.5 Å². The van der Waals surface area contributed by atoms with Crippen molar-refractivity contribution >= 4 is 5.91 Å². The molecule has 1 unspecified atom stereocenters. The summed E-state index contributed by atoms with van der Waals surface area (Å²) in [4.78, 5) is 15.2. The summed E-state index contributed by atoms with van der Waals surface area (Å²) in [5.41, 5.74) is 1.75. The highest BCUT2D eigenvalue weighted by molar-refractivity contribution is 5.94. The third-order valence-corrected chi connectivity index (χ3v) is 4.93. The lowest BCUT2D eigenvalue weighted by molar-refractivity contribution is 0.0162. The smallest absolute Gasteiger partial charge is 0.251 e. The predicted molar refractivity (Wildman–Crippen MR) is 113 cm³/mol. The molecule has 0 aromatic heterocycles. The molecular weight excluding hydrogens is 368 g/mol.